The third-order valence-electron chi connectivity index (χ3n) is 9.55. The van der Waals surface area contributed by atoms with Crippen molar-refractivity contribution in [1.82, 2.24) is 0 Å². The summed E-state index contributed by atoms with van der Waals surface area (Å²) in [5.41, 5.74) is 0.702. The summed E-state index contributed by atoms with van der Waals surface area (Å²) in [5, 5.41) is 0. The van der Waals surface area contributed by atoms with Gasteiger partial charge >= 0.3 is 5.97 Å². The number of quaternary nitrogens is 2. The minimum Gasteiger partial charge on any atom is -1.00 e. The molecule has 2 spiro atoms. The Bertz CT molecular complexity index is 705. The predicted octanol–water partition coefficient (Wildman–Crippen LogP) is -0.959. The summed E-state index contributed by atoms with van der Waals surface area (Å²) in [6, 6.07) is 9.62. The molecular weight excluding hydrogens is 556 g/mol. The molecule has 4 aliphatic rings. The summed E-state index contributed by atoms with van der Waals surface area (Å²) >= 11 is 0. The van der Waals surface area contributed by atoms with Crippen LogP contribution in [0.5, 0.6) is 0 Å². The number of hydrogen-bond acceptors (Lipinski definition) is 2. The van der Waals surface area contributed by atoms with Gasteiger partial charge in [0.2, 0.25) is 0 Å². The minimum atomic E-state index is -0.117. The van der Waals surface area contributed by atoms with Gasteiger partial charge in [0.15, 0.2) is 0 Å². The minimum absolute atomic E-state index is 0. The lowest BCUT2D eigenvalue weighted by molar-refractivity contribution is -0.922. The lowest BCUT2D eigenvalue weighted by Crippen LogP contribution is -3.00. The number of carbonyl (C=O) groups excluding carboxylic acids is 1. The van der Waals surface area contributed by atoms with Crippen LogP contribution < -0.4 is 34.0 Å². The Hall–Kier alpha value is -0.430. The number of benzene rings is 1. The lowest BCUT2D eigenvalue weighted by atomic mass is 9.84. The van der Waals surface area contributed by atoms with Crippen LogP contribution in [0.2, 0.25) is 0 Å². The van der Waals surface area contributed by atoms with Crippen molar-refractivity contribution < 1.29 is 52.5 Å². The van der Waals surface area contributed by atoms with Crippen LogP contribution in [-0.4, -0.2) is 73.4 Å². The number of carbonyl (C=O) groups is 1. The summed E-state index contributed by atoms with van der Waals surface area (Å²) in [6.45, 7) is 11.0. The Morgan fingerprint density at radius 3 is 1.53 bits per heavy atom. The van der Waals surface area contributed by atoms with Crippen LogP contribution in [0.3, 0.4) is 0 Å². The van der Waals surface area contributed by atoms with Gasteiger partial charge in [0, 0.05) is 25.7 Å². The first-order valence-electron chi connectivity index (χ1n) is 13.6. The van der Waals surface area contributed by atoms with E-state index in [0.29, 0.717) is 5.56 Å². The second kappa shape index (κ2) is 12.7. The molecule has 0 aliphatic carbocycles. The van der Waals surface area contributed by atoms with E-state index in [2.05, 4.69) is 0 Å². The predicted molar refractivity (Wildman–Crippen MR) is 128 cm³/mol. The molecule has 4 aliphatic heterocycles. The molecule has 0 radical (unpaired) electrons. The van der Waals surface area contributed by atoms with Crippen molar-refractivity contribution in [2.45, 2.75) is 70.3 Å². The van der Waals surface area contributed by atoms with E-state index in [1.807, 2.05) is 30.3 Å². The molecule has 0 amide bonds. The van der Waals surface area contributed by atoms with Crippen LogP contribution in [0.4, 0.5) is 0 Å². The van der Waals surface area contributed by atoms with Gasteiger partial charge in [-0.3, -0.25) is 0 Å². The largest absolute Gasteiger partial charge is 1.00 e. The van der Waals surface area contributed by atoms with E-state index >= 15 is 0 Å². The van der Waals surface area contributed by atoms with E-state index in [1.165, 1.54) is 113 Å². The highest BCUT2D eigenvalue weighted by Gasteiger charge is 2.39. The Balaban J connectivity index is 0.00000162. The quantitative estimate of drug-likeness (QED) is 0.311. The molecule has 1 aromatic rings. The molecule has 34 heavy (non-hydrogen) atoms. The average molecular weight is 600 g/mol. The SMILES string of the molecule is O=C(OC(CC1CC[N+]2(CCCC2)CC1)CC1CC[N+]2(CCCC2)CC1)c1ccccc1.[Br-].[Br-]. The molecular formula is C28H44Br2N2O2. The zero-order valence-corrected chi connectivity index (χ0v) is 24.0. The number of hydrogen-bond donors (Lipinski definition) is 0. The van der Waals surface area contributed by atoms with Gasteiger partial charge in [-0.15, -0.1) is 0 Å². The maximum Gasteiger partial charge on any atom is 0.338 e. The van der Waals surface area contributed by atoms with Gasteiger partial charge in [-0.1, -0.05) is 18.2 Å². The number of piperidine rings is 2. The second-order valence-electron chi connectivity index (χ2n) is 11.6. The fourth-order valence-electron chi connectivity index (χ4n) is 7.45. The van der Waals surface area contributed by atoms with E-state index < -0.39 is 0 Å². The van der Waals surface area contributed by atoms with Crippen molar-refractivity contribution in [3.8, 4) is 0 Å². The highest BCUT2D eigenvalue weighted by atomic mass is 79.9. The van der Waals surface area contributed by atoms with E-state index in [0.717, 1.165) is 24.7 Å². The molecule has 192 valence electrons. The molecule has 4 heterocycles. The zero-order chi connectivity index (χ0) is 21.9. The van der Waals surface area contributed by atoms with Gasteiger partial charge in [0.25, 0.3) is 0 Å². The van der Waals surface area contributed by atoms with Crippen molar-refractivity contribution in [3.05, 3.63) is 35.9 Å². The molecule has 0 N–H and O–H groups in total. The highest BCUT2D eigenvalue weighted by Crippen LogP contribution is 2.35. The van der Waals surface area contributed by atoms with Gasteiger partial charge in [0.05, 0.1) is 57.9 Å². The van der Waals surface area contributed by atoms with Crippen LogP contribution in [0.15, 0.2) is 30.3 Å². The van der Waals surface area contributed by atoms with Gasteiger partial charge in [-0.2, -0.15) is 0 Å². The molecule has 0 bridgehead atoms. The summed E-state index contributed by atoms with van der Waals surface area (Å²) in [4.78, 5) is 12.9. The smallest absolute Gasteiger partial charge is 0.338 e. The fourth-order valence-corrected chi connectivity index (χ4v) is 7.45. The van der Waals surface area contributed by atoms with Gasteiger partial charge < -0.3 is 47.7 Å². The molecule has 6 heteroatoms. The standard InChI is InChI=1S/C28H44N2O2.2BrH/c31-28(26-8-2-1-3-9-26)32-27(22-24-10-18-29(19-11-24)14-4-5-15-29)23-25-12-20-30(21-13-25)16-6-7-17-30;;/h1-3,8-9,24-25,27H,4-7,10-23H2;2*1H/q+2;;/p-2. The zero-order valence-electron chi connectivity index (χ0n) is 20.8. The Morgan fingerprint density at radius 2 is 1.12 bits per heavy atom. The number of ether oxygens (including phenoxy) is 1. The summed E-state index contributed by atoms with van der Waals surface area (Å²) in [5.74, 6) is 1.34. The van der Waals surface area contributed by atoms with Crippen molar-refractivity contribution in [1.29, 1.82) is 0 Å². The molecule has 0 unspecified atom stereocenters. The Labute approximate surface area is 228 Å². The number of esters is 1. The summed E-state index contributed by atoms with van der Waals surface area (Å²) in [7, 11) is 0. The summed E-state index contributed by atoms with van der Waals surface area (Å²) < 4.78 is 8.99. The van der Waals surface area contributed by atoms with Crippen LogP contribution in [-0.2, 0) is 4.74 Å². The third kappa shape index (κ3) is 6.86. The molecule has 4 saturated heterocycles. The molecule has 0 atom stereocenters. The van der Waals surface area contributed by atoms with Crippen LogP contribution >= 0.6 is 0 Å². The molecule has 1 aromatic carbocycles. The maximum atomic E-state index is 12.9. The summed E-state index contributed by atoms with van der Waals surface area (Å²) in [6.07, 6.45) is 13.2. The monoisotopic (exact) mass is 598 g/mol. The maximum absolute atomic E-state index is 12.9. The molecule has 4 nitrogen and oxygen atoms in total. The topological polar surface area (TPSA) is 26.3 Å². The van der Waals surface area contributed by atoms with Crippen LogP contribution in [0.25, 0.3) is 0 Å². The number of rotatable bonds is 6. The molecule has 4 fully saturated rings. The first-order valence-corrected chi connectivity index (χ1v) is 13.6. The van der Waals surface area contributed by atoms with E-state index in [9.17, 15) is 4.79 Å². The van der Waals surface area contributed by atoms with E-state index in [4.69, 9.17) is 4.74 Å². The van der Waals surface area contributed by atoms with E-state index in [-0.39, 0.29) is 46.0 Å². The Morgan fingerprint density at radius 1 is 0.706 bits per heavy atom. The van der Waals surface area contributed by atoms with E-state index in [1.54, 1.807) is 0 Å². The Kier molecular flexibility index (Phi) is 10.5. The lowest BCUT2D eigenvalue weighted by Gasteiger charge is -2.42. The first kappa shape index (κ1) is 28.1. The fraction of sp³-hybridized carbons (Fsp3) is 0.750. The third-order valence-corrected chi connectivity index (χ3v) is 9.55. The average Bonchev–Trinajstić information content (AvgIpc) is 3.48. The van der Waals surface area contributed by atoms with Crippen molar-refractivity contribution in [2.75, 3.05) is 52.4 Å². The van der Waals surface area contributed by atoms with Crippen LogP contribution in [0, 0.1) is 11.8 Å². The normalized spacial score (nSPS) is 26.5. The molecule has 0 saturated carbocycles. The number of halogens is 2. The number of nitrogens with zero attached hydrogens (tertiary/aromatic N) is 2. The van der Waals surface area contributed by atoms with Gasteiger partial charge in [0.1, 0.15) is 6.10 Å². The van der Waals surface area contributed by atoms with Crippen molar-refractivity contribution in [3.63, 3.8) is 0 Å². The second-order valence-corrected chi connectivity index (χ2v) is 11.6. The van der Waals surface area contributed by atoms with Crippen molar-refractivity contribution >= 4 is 5.97 Å². The first-order chi connectivity index (χ1) is 15.6. The molecule has 0 aromatic heterocycles. The van der Waals surface area contributed by atoms with Crippen molar-refractivity contribution in [2.24, 2.45) is 11.8 Å². The van der Waals surface area contributed by atoms with Gasteiger partial charge in [-0.05, 0) is 62.5 Å². The highest BCUT2D eigenvalue weighted by molar-refractivity contribution is 5.89. The molecule has 5 rings (SSSR count). The van der Waals surface area contributed by atoms with Gasteiger partial charge in [-0.25, -0.2) is 4.79 Å². The van der Waals surface area contributed by atoms with Crippen LogP contribution in [0.1, 0.15) is 74.6 Å².